The van der Waals surface area contributed by atoms with Gasteiger partial charge >= 0.3 is 0 Å². The molecule has 2 heterocycles. The molecule has 0 spiro atoms. The number of hydrogen-bond donors (Lipinski definition) is 1. The van der Waals surface area contributed by atoms with Crippen molar-refractivity contribution < 1.29 is 4.79 Å². The van der Waals surface area contributed by atoms with Crippen molar-refractivity contribution in [3.05, 3.63) is 22.4 Å². The fourth-order valence-electron chi connectivity index (χ4n) is 2.22. The third kappa shape index (κ3) is 2.87. The van der Waals surface area contributed by atoms with Gasteiger partial charge in [-0.25, -0.2) is 0 Å². The molecule has 0 saturated carbocycles. The predicted molar refractivity (Wildman–Crippen MR) is 71.1 cm³/mol. The highest BCUT2D eigenvalue weighted by molar-refractivity contribution is 7.10. The number of thiophene rings is 1. The van der Waals surface area contributed by atoms with Crippen molar-refractivity contribution in [1.82, 2.24) is 10.2 Å². The van der Waals surface area contributed by atoms with Gasteiger partial charge in [0.1, 0.15) is 0 Å². The van der Waals surface area contributed by atoms with Crippen molar-refractivity contribution in [2.24, 2.45) is 0 Å². The Morgan fingerprint density at radius 3 is 3.00 bits per heavy atom. The van der Waals surface area contributed by atoms with E-state index in [0.29, 0.717) is 0 Å². The van der Waals surface area contributed by atoms with Crippen LogP contribution in [-0.4, -0.2) is 30.4 Å². The molecule has 17 heavy (non-hydrogen) atoms. The predicted octanol–water partition coefficient (Wildman–Crippen LogP) is 2.41. The quantitative estimate of drug-likeness (QED) is 0.896. The number of rotatable bonds is 3. The van der Waals surface area contributed by atoms with E-state index in [1.165, 1.54) is 11.3 Å². The molecule has 1 amide bonds. The maximum Gasteiger partial charge on any atom is 0.239 e. The van der Waals surface area contributed by atoms with E-state index in [1.807, 2.05) is 18.0 Å². The summed E-state index contributed by atoms with van der Waals surface area (Å²) in [4.78, 5) is 15.4. The zero-order valence-electron chi connectivity index (χ0n) is 10.5. The first-order valence-corrected chi connectivity index (χ1v) is 7.11. The fraction of sp³-hybridized carbons (Fsp3) is 0.615. The van der Waals surface area contributed by atoms with E-state index < -0.39 is 0 Å². The number of likely N-dealkylation sites (N-methyl/N-ethyl adjacent to an activating group) is 1. The standard InChI is InChI=1S/C13H20N2OS/c1-10(12-7-5-9-17-12)15(2)13(16)11-6-3-4-8-14-11/h5,7,9-11,14H,3-4,6,8H2,1-2H3/t10?,11-/m1/s1. The SMILES string of the molecule is CC(c1cccs1)N(C)C(=O)[C@H]1CCCCN1. The highest BCUT2D eigenvalue weighted by atomic mass is 32.1. The van der Waals surface area contributed by atoms with E-state index >= 15 is 0 Å². The van der Waals surface area contributed by atoms with Crippen LogP contribution in [0.2, 0.25) is 0 Å². The molecule has 0 radical (unpaired) electrons. The first-order chi connectivity index (χ1) is 8.20. The Morgan fingerprint density at radius 2 is 2.41 bits per heavy atom. The molecule has 0 aliphatic carbocycles. The van der Waals surface area contributed by atoms with Gasteiger partial charge in [0, 0.05) is 11.9 Å². The number of hydrogen-bond acceptors (Lipinski definition) is 3. The molecule has 2 rings (SSSR count). The molecule has 1 aromatic heterocycles. The summed E-state index contributed by atoms with van der Waals surface area (Å²) >= 11 is 1.71. The molecule has 4 heteroatoms. The van der Waals surface area contributed by atoms with Crippen LogP contribution in [0.5, 0.6) is 0 Å². The minimum atomic E-state index is 0.0242. The van der Waals surface area contributed by atoms with Gasteiger partial charge < -0.3 is 10.2 Å². The lowest BCUT2D eigenvalue weighted by atomic mass is 10.0. The molecule has 1 aromatic rings. The van der Waals surface area contributed by atoms with Gasteiger partial charge in [-0.2, -0.15) is 0 Å². The average molecular weight is 252 g/mol. The van der Waals surface area contributed by atoms with Gasteiger partial charge in [-0.3, -0.25) is 4.79 Å². The fourth-order valence-corrected chi connectivity index (χ4v) is 3.05. The second-order valence-corrected chi connectivity index (χ2v) is 5.62. The number of carbonyl (C=O) groups excluding carboxylic acids is 1. The molecular weight excluding hydrogens is 232 g/mol. The molecule has 1 saturated heterocycles. The molecule has 2 atom stereocenters. The summed E-state index contributed by atoms with van der Waals surface area (Å²) in [6.45, 7) is 3.06. The highest BCUT2D eigenvalue weighted by Crippen LogP contribution is 2.24. The van der Waals surface area contributed by atoms with Crippen LogP contribution in [0.4, 0.5) is 0 Å². The highest BCUT2D eigenvalue weighted by Gasteiger charge is 2.26. The Labute approximate surface area is 107 Å². The summed E-state index contributed by atoms with van der Waals surface area (Å²) in [5.41, 5.74) is 0. The second-order valence-electron chi connectivity index (χ2n) is 4.64. The number of amides is 1. The zero-order chi connectivity index (χ0) is 12.3. The Kier molecular flexibility index (Phi) is 4.18. The van der Waals surface area contributed by atoms with Crippen molar-refractivity contribution in [1.29, 1.82) is 0 Å². The molecule has 1 aliphatic rings. The maximum absolute atomic E-state index is 12.3. The molecule has 1 fully saturated rings. The van der Waals surface area contributed by atoms with Crippen LogP contribution in [-0.2, 0) is 4.79 Å². The first-order valence-electron chi connectivity index (χ1n) is 6.23. The molecule has 1 N–H and O–H groups in total. The Morgan fingerprint density at radius 1 is 1.59 bits per heavy atom. The molecule has 0 aromatic carbocycles. The van der Waals surface area contributed by atoms with Crippen LogP contribution in [0, 0.1) is 0 Å². The van der Waals surface area contributed by atoms with E-state index in [-0.39, 0.29) is 18.0 Å². The number of nitrogens with one attached hydrogen (secondary N) is 1. The van der Waals surface area contributed by atoms with E-state index in [4.69, 9.17) is 0 Å². The van der Waals surface area contributed by atoms with Crippen molar-refractivity contribution in [2.75, 3.05) is 13.6 Å². The van der Waals surface area contributed by atoms with E-state index in [0.717, 1.165) is 19.4 Å². The summed E-state index contributed by atoms with van der Waals surface area (Å²) in [5, 5.41) is 5.37. The van der Waals surface area contributed by atoms with Crippen LogP contribution in [0.3, 0.4) is 0 Å². The normalized spacial score (nSPS) is 22.1. The van der Waals surface area contributed by atoms with E-state index in [1.54, 1.807) is 11.3 Å². The van der Waals surface area contributed by atoms with Gasteiger partial charge in [-0.05, 0) is 37.8 Å². The van der Waals surface area contributed by atoms with Crippen molar-refractivity contribution >= 4 is 17.2 Å². The summed E-state index contributed by atoms with van der Waals surface area (Å²) < 4.78 is 0. The van der Waals surface area contributed by atoms with Crippen molar-refractivity contribution in [3.63, 3.8) is 0 Å². The topological polar surface area (TPSA) is 32.3 Å². The summed E-state index contributed by atoms with van der Waals surface area (Å²) in [7, 11) is 1.91. The average Bonchev–Trinajstić information content (AvgIpc) is 2.91. The van der Waals surface area contributed by atoms with Gasteiger partial charge in [0.2, 0.25) is 5.91 Å². The molecule has 1 unspecified atom stereocenters. The van der Waals surface area contributed by atoms with Gasteiger partial charge in [0.05, 0.1) is 12.1 Å². The third-order valence-corrected chi connectivity index (χ3v) is 4.53. The lowest BCUT2D eigenvalue weighted by molar-refractivity contribution is -0.134. The third-order valence-electron chi connectivity index (χ3n) is 3.49. The van der Waals surface area contributed by atoms with Crippen molar-refractivity contribution in [3.8, 4) is 0 Å². The smallest absolute Gasteiger partial charge is 0.239 e. The largest absolute Gasteiger partial charge is 0.337 e. The van der Waals surface area contributed by atoms with E-state index in [2.05, 4.69) is 23.7 Å². The van der Waals surface area contributed by atoms with Crippen LogP contribution in [0.15, 0.2) is 17.5 Å². The lowest BCUT2D eigenvalue weighted by Gasteiger charge is -2.30. The molecule has 3 nitrogen and oxygen atoms in total. The summed E-state index contributed by atoms with van der Waals surface area (Å²) in [6.07, 6.45) is 3.32. The Balaban J connectivity index is 1.98. The van der Waals surface area contributed by atoms with Crippen LogP contribution in [0.1, 0.15) is 37.1 Å². The molecule has 94 valence electrons. The van der Waals surface area contributed by atoms with Gasteiger partial charge in [-0.1, -0.05) is 12.5 Å². The maximum atomic E-state index is 12.3. The Bertz CT molecular complexity index is 358. The zero-order valence-corrected chi connectivity index (χ0v) is 11.3. The van der Waals surface area contributed by atoms with Gasteiger partial charge in [0.25, 0.3) is 0 Å². The number of piperidine rings is 1. The molecule has 1 aliphatic heterocycles. The summed E-state index contributed by atoms with van der Waals surface area (Å²) in [5.74, 6) is 0.227. The number of carbonyl (C=O) groups is 1. The second kappa shape index (κ2) is 5.65. The molecular formula is C13H20N2OS. The molecule has 0 bridgehead atoms. The first kappa shape index (κ1) is 12.6. The van der Waals surface area contributed by atoms with Crippen LogP contribution in [0.25, 0.3) is 0 Å². The van der Waals surface area contributed by atoms with Crippen molar-refractivity contribution in [2.45, 2.75) is 38.3 Å². The van der Waals surface area contributed by atoms with Crippen LogP contribution < -0.4 is 5.32 Å². The summed E-state index contributed by atoms with van der Waals surface area (Å²) in [6, 6.07) is 4.32. The Hall–Kier alpha value is -0.870. The lowest BCUT2D eigenvalue weighted by Crippen LogP contribution is -2.47. The van der Waals surface area contributed by atoms with Gasteiger partial charge in [0.15, 0.2) is 0 Å². The monoisotopic (exact) mass is 252 g/mol. The van der Waals surface area contributed by atoms with Crippen LogP contribution >= 0.6 is 11.3 Å². The van der Waals surface area contributed by atoms with Gasteiger partial charge in [-0.15, -0.1) is 11.3 Å². The van der Waals surface area contributed by atoms with E-state index in [9.17, 15) is 4.79 Å². The minimum absolute atomic E-state index is 0.0242. The minimum Gasteiger partial charge on any atom is -0.337 e. The number of nitrogens with zero attached hydrogens (tertiary/aromatic N) is 1.